The van der Waals surface area contributed by atoms with Crippen molar-refractivity contribution in [3.63, 3.8) is 0 Å². The number of imidazole rings is 1. The zero-order valence-corrected chi connectivity index (χ0v) is 14.0. The molecule has 7 heteroatoms. The Bertz CT molecular complexity index is 797. The second kappa shape index (κ2) is 6.08. The number of nitrogens with zero attached hydrogens (tertiary/aromatic N) is 4. The van der Waals surface area contributed by atoms with E-state index in [1.54, 1.807) is 7.05 Å². The average Bonchev–Trinajstić information content (AvgIpc) is 2.80. The minimum Gasteiger partial charge on any atom is -0.326 e. The van der Waals surface area contributed by atoms with Gasteiger partial charge in [-0.1, -0.05) is 20.8 Å². The van der Waals surface area contributed by atoms with E-state index in [4.69, 9.17) is 5.73 Å². The summed E-state index contributed by atoms with van der Waals surface area (Å²) < 4.78 is 4.44. The number of aromatic nitrogens is 4. The Labute approximate surface area is 129 Å². The first-order chi connectivity index (χ1) is 10.3. The molecule has 1 unspecified atom stereocenters. The largest absolute Gasteiger partial charge is 0.332 e. The number of hydrogen-bond donors (Lipinski definition) is 1. The second-order valence-electron chi connectivity index (χ2n) is 6.28. The van der Waals surface area contributed by atoms with Gasteiger partial charge in [-0.3, -0.25) is 13.9 Å². The van der Waals surface area contributed by atoms with Gasteiger partial charge in [-0.15, -0.1) is 0 Å². The Morgan fingerprint density at radius 2 is 1.82 bits per heavy atom. The number of fused-ring (bicyclic) bond motifs is 1. The van der Waals surface area contributed by atoms with E-state index in [-0.39, 0.29) is 17.3 Å². The van der Waals surface area contributed by atoms with Gasteiger partial charge in [-0.25, -0.2) is 9.78 Å². The van der Waals surface area contributed by atoms with E-state index < -0.39 is 0 Å². The molecule has 0 aliphatic heterocycles. The average molecular weight is 307 g/mol. The van der Waals surface area contributed by atoms with Crippen molar-refractivity contribution in [2.45, 2.75) is 46.2 Å². The molecule has 2 heterocycles. The van der Waals surface area contributed by atoms with Crippen molar-refractivity contribution in [2.75, 3.05) is 0 Å². The molecular formula is C15H25N5O2. The van der Waals surface area contributed by atoms with Gasteiger partial charge in [0.05, 0.1) is 0 Å². The van der Waals surface area contributed by atoms with Gasteiger partial charge < -0.3 is 10.3 Å². The van der Waals surface area contributed by atoms with Gasteiger partial charge in [0.1, 0.15) is 5.82 Å². The molecule has 0 fully saturated rings. The molecule has 122 valence electrons. The third-order valence-electron chi connectivity index (χ3n) is 3.96. The summed E-state index contributed by atoms with van der Waals surface area (Å²) >= 11 is 0. The quantitative estimate of drug-likeness (QED) is 0.864. The summed E-state index contributed by atoms with van der Waals surface area (Å²) in [5.74, 6) is 1.21. The molecule has 2 aromatic heterocycles. The van der Waals surface area contributed by atoms with Crippen LogP contribution in [0.25, 0.3) is 11.2 Å². The first kappa shape index (κ1) is 16.5. The van der Waals surface area contributed by atoms with E-state index in [9.17, 15) is 9.59 Å². The van der Waals surface area contributed by atoms with E-state index in [1.165, 1.54) is 11.6 Å². The van der Waals surface area contributed by atoms with Crippen molar-refractivity contribution in [1.82, 2.24) is 18.7 Å². The molecule has 0 aliphatic carbocycles. The first-order valence-electron chi connectivity index (χ1n) is 7.68. The molecule has 0 spiro atoms. The monoisotopic (exact) mass is 307 g/mol. The van der Waals surface area contributed by atoms with E-state index in [0.29, 0.717) is 23.6 Å². The van der Waals surface area contributed by atoms with Crippen molar-refractivity contribution in [3.05, 3.63) is 26.7 Å². The molecule has 2 aromatic rings. The number of rotatable bonds is 5. The zero-order chi connectivity index (χ0) is 16.6. The predicted molar refractivity (Wildman–Crippen MR) is 87.0 cm³/mol. The highest BCUT2D eigenvalue weighted by Crippen LogP contribution is 2.15. The van der Waals surface area contributed by atoms with Crippen molar-refractivity contribution in [2.24, 2.45) is 25.7 Å². The highest BCUT2D eigenvalue weighted by Gasteiger charge is 2.20. The Hall–Kier alpha value is -1.89. The van der Waals surface area contributed by atoms with Gasteiger partial charge in [-0.05, 0) is 12.3 Å². The van der Waals surface area contributed by atoms with Crippen LogP contribution >= 0.6 is 0 Å². The summed E-state index contributed by atoms with van der Waals surface area (Å²) in [6.07, 6.45) is 1.55. The molecule has 0 aromatic carbocycles. The minimum absolute atomic E-state index is 0.0507. The fraction of sp³-hybridized carbons (Fsp3) is 0.667. The predicted octanol–water partition coefficient (Wildman–Crippen LogP) is 0.370. The van der Waals surface area contributed by atoms with E-state index in [0.717, 1.165) is 23.2 Å². The minimum atomic E-state index is -0.363. The highest BCUT2D eigenvalue weighted by atomic mass is 16.2. The highest BCUT2D eigenvalue weighted by molar-refractivity contribution is 5.71. The normalized spacial score (nSPS) is 13.2. The van der Waals surface area contributed by atoms with Gasteiger partial charge in [0.15, 0.2) is 11.2 Å². The van der Waals surface area contributed by atoms with E-state index in [1.807, 2.05) is 11.5 Å². The first-order valence-corrected chi connectivity index (χ1v) is 7.68. The molecule has 0 saturated heterocycles. The summed E-state index contributed by atoms with van der Waals surface area (Å²) in [4.78, 5) is 29.2. The Kier molecular flexibility index (Phi) is 4.55. The molecule has 0 amide bonds. The summed E-state index contributed by atoms with van der Waals surface area (Å²) in [5, 5.41) is 0. The molecule has 0 saturated carbocycles. The van der Waals surface area contributed by atoms with Crippen LogP contribution in [0.3, 0.4) is 0 Å². The Balaban J connectivity index is 2.81. The third-order valence-corrected chi connectivity index (χ3v) is 3.96. The van der Waals surface area contributed by atoms with Crippen LogP contribution in [0.5, 0.6) is 0 Å². The second-order valence-corrected chi connectivity index (χ2v) is 6.28. The fourth-order valence-electron chi connectivity index (χ4n) is 2.57. The summed E-state index contributed by atoms with van der Waals surface area (Å²) in [6, 6.07) is -0.0507. The van der Waals surface area contributed by atoms with E-state index >= 15 is 0 Å². The fourth-order valence-corrected chi connectivity index (χ4v) is 2.57. The smallest absolute Gasteiger partial charge is 0.326 e. The maximum Gasteiger partial charge on any atom is 0.332 e. The molecule has 7 nitrogen and oxygen atoms in total. The SMILES string of the molecule is CCC(N)Cn1c(CC(C)C)nc2c1c(=O)n(C)c(=O)n2C. The topological polar surface area (TPSA) is 87.8 Å². The third kappa shape index (κ3) is 2.72. The van der Waals surface area contributed by atoms with Crippen LogP contribution in [0.1, 0.15) is 33.0 Å². The Morgan fingerprint density at radius 3 is 2.36 bits per heavy atom. The zero-order valence-electron chi connectivity index (χ0n) is 14.0. The number of nitrogens with two attached hydrogens (primary N) is 1. The van der Waals surface area contributed by atoms with Gasteiger partial charge in [-0.2, -0.15) is 0 Å². The van der Waals surface area contributed by atoms with Gasteiger partial charge >= 0.3 is 5.69 Å². The summed E-state index contributed by atoms with van der Waals surface area (Å²) in [7, 11) is 3.13. The van der Waals surface area contributed by atoms with Crippen LogP contribution in [0.2, 0.25) is 0 Å². The van der Waals surface area contributed by atoms with Gasteiger partial charge in [0.2, 0.25) is 0 Å². The molecule has 22 heavy (non-hydrogen) atoms. The molecule has 0 bridgehead atoms. The molecule has 2 rings (SSSR count). The number of hydrogen-bond acceptors (Lipinski definition) is 4. The molecule has 0 aliphatic rings. The lowest BCUT2D eigenvalue weighted by Crippen LogP contribution is -2.38. The van der Waals surface area contributed by atoms with Crippen LogP contribution in [0.15, 0.2) is 9.59 Å². The maximum absolute atomic E-state index is 12.5. The van der Waals surface area contributed by atoms with Crippen LogP contribution < -0.4 is 17.0 Å². The molecule has 2 N–H and O–H groups in total. The standard InChI is InChI=1S/C15H25N5O2/c1-6-10(16)8-20-11(7-9(2)3)17-13-12(20)14(21)19(5)15(22)18(13)4/h9-10H,6-8,16H2,1-5H3. The molecule has 0 radical (unpaired) electrons. The van der Waals surface area contributed by atoms with Crippen molar-refractivity contribution in [1.29, 1.82) is 0 Å². The van der Waals surface area contributed by atoms with Crippen LogP contribution in [-0.4, -0.2) is 24.7 Å². The van der Waals surface area contributed by atoms with Crippen LogP contribution in [0, 0.1) is 5.92 Å². The molecule has 1 atom stereocenters. The molecular weight excluding hydrogens is 282 g/mol. The van der Waals surface area contributed by atoms with E-state index in [2.05, 4.69) is 18.8 Å². The van der Waals surface area contributed by atoms with Crippen molar-refractivity contribution < 1.29 is 0 Å². The van der Waals surface area contributed by atoms with Crippen molar-refractivity contribution in [3.8, 4) is 0 Å². The van der Waals surface area contributed by atoms with Crippen LogP contribution in [-0.2, 0) is 27.1 Å². The van der Waals surface area contributed by atoms with Gasteiger partial charge in [0, 0.05) is 33.1 Å². The van der Waals surface area contributed by atoms with Crippen LogP contribution in [0.4, 0.5) is 0 Å². The van der Waals surface area contributed by atoms with Crippen molar-refractivity contribution >= 4 is 11.2 Å². The van der Waals surface area contributed by atoms with Gasteiger partial charge in [0.25, 0.3) is 5.56 Å². The summed E-state index contributed by atoms with van der Waals surface area (Å²) in [6.45, 7) is 6.74. The number of aryl methyl sites for hydroxylation is 1. The lowest BCUT2D eigenvalue weighted by Gasteiger charge is -2.14. The lowest BCUT2D eigenvalue weighted by atomic mass is 10.1. The Morgan fingerprint density at radius 1 is 1.18 bits per heavy atom. The lowest BCUT2D eigenvalue weighted by molar-refractivity contribution is 0.512. The summed E-state index contributed by atoms with van der Waals surface area (Å²) in [5.41, 5.74) is 6.31. The maximum atomic E-state index is 12.5.